The van der Waals surface area contributed by atoms with Crippen LogP contribution in [-0.2, 0) is 0 Å². The molecule has 3 heterocycles. The molecule has 0 N–H and O–H groups in total. The minimum absolute atomic E-state index is 0.134. The number of aromatic nitrogens is 2. The molecule has 3 aromatic heterocycles. The highest BCUT2D eigenvalue weighted by Crippen LogP contribution is 2.45. The van der Waals surface area contributed by atoms with Crippen molar-refractivity contribution in [1.29, 1.82) is 0 Å². The first-order valence-corrected chi connectivity index (χ1v) is 16.5. The van der Waals surface area contributed by atoms with Crippen LogP contribution >= 0.6 is 0 Å². The zero-order chi connectivity index (χ0) is 32.7. The van der Waals surface area contributed by atoms with Gasteiger partial charge in [-0.05, 0) is 77.1 Å². The number of furan rings is 2. The summed E-state index contributed by atoms with van der Waals surface area (Å²) in [5, 5.41) is 4.03. The van der Waals surface area contributed by atoms with Gasteiger partial charge in [0, 0.05) is 33.2 Å². The third kappa shape index (κ3) is 4.24. The second kappa shape index (κ2) is 10.7. The molecule has 4 nitrogen and oxygen atoms in total. The molecule has 0 aliphatic heterocycles. The summed E-state index contributed by atoms with van der Waals surface area (Å²) < 4.78 is 29.9. The Morgan fingerprint density at radius 2 is 1.33 bits per heavy atom. The highest BCUT2D eigenvalue weighted by atomic mass is 19.1. The fourth-order valence-electron chi connectivity index (χ4n) is 7.36. The highest BCUT2D eigenvalue weighted by molar-refractivity contribution is 6.11. The fourth-order valence-corrected chi connectivity index (χ4v) is 7.36. The van der Waals surface area contributed by atoms with Crippen LogP contribution in [0.25, 0.3) is 83.1 Å². The van der Waals surface area contributed by atoms with Gasteiger partial charge in [-0.15, -0.1) is 0 Å². The van der Waals surface area contributed by atoms with Gasteiger partial charge in [0.2, 0.25) is 0 Å². The molecular formula is C43H33FN2O2. The lowest BCUT2D eigenvalue weighted by atomic mass is 9.89. The van der Waals surface area contributed by atoms with E-state index in [0.717, 1.165) is 77.5 Å². The van der Waals surface area contributed by atoms with E-state index in [-0.39, 0.29) is 17.7 Å². The van der Waals surface area contributed by atoms with Gasteiger partial charge in [-0.2, -0.15) is 0 Å². The topological polar surface area (TPSA) is 44.1 Å². The molecular weight excluding hydrogens is 595 g/mol. The van der Waals surface area contributed by atoms with Gasteiger partial charge in [0.15, 0.2) is 0 Å². The van der Waals surface area contributed by atoms with Crippen LogP contribution in [0.4, 0.5) is 4.39 Å². The molecule has 9 aromatic rings. The Labute approximate surface area is 277 Å². The van der Waals surface area contributed by atoms with E-state index in [9.17, 15) is 4.39 Å². The summed E-state index contributed by atoms with van der Waals surface area (Å²) in [6, 6.07) is 38.4. The van der Waals surface area contributed by atoms with E-state index in [2.05, 4.69) is 99.0 Å². The van der Waals surface area contributed by atoms with E-state index >= 15 is 0 Å². The average molecular weight is 629 g/mol. The Bertz CT molecular complexity index is 2690. The lowest BCUT2D eigenvalue weighted by Crippen LogP contribution is -2.09. The van der Waals surface area contributed by atoms with Crippen LogP contribution in [-0.4, -0.2) is 9.55 Å². The number of hydrogen-bond acceptors (Lipinski definition) is 3. The van der Waals surface area contributed by atoms with Crippen LogP contribution in [0, 0.1) is 5.82 Å². The van der Waals surface area contributed by atoms with Crippen LogP contribution in [0.15, 0.2) is 124 Å². The van der Waals surface area contributed by atoms with Crippen molar-refractivity contribution >= 4 is 54.9 Å². The fraction of sp³-hybridized carbons (Fsp3) is 0.140. The number of fused-ring (bicyclic) bond motifs is 7. The standard InChI is InChI=1S/C43H33FN2O2/c1-24(2)33-23-34-30-19-17-27(26-11-6-5-7-12-26)21-37(30)48-42(34)39(25(3)4)40(33)46-36-16-9-8-15-35(36)45-43(46)32-14-10-13-31-29-20-18-28(44)22-38(29)47-41(31)32/h5-25H,1-4H3. The number of imidazole rings is 1. The van der Waals surface area contributed by atoms with Gasteiger partial charge in [0.1, 0.15) is 34.0 Å². The molecule has 0 spiro atoms. The molecule has 0 unspecified atom stereocenters. The molecule has 234 valence electrons. The van der Waals surface area contributed by atoms with Crippen molar-refractivity contribution in [3.05, 3.63) is 132 Å². The minimum atomic E-state index is -0.325. The first kappa shape index (κ1) is 28.5. The van der Waals surface area contributed by atoms with E-state index in [4.69, 9.17) is 13.8 Å². The van der Waals surface area contributed by atoms with Crippen LogP contribution in [0.2, 0.25) is 0 Å². The third-order valence-electron chi connectivity index (χ3n) is 9.59. The molecule has 9 rings (SSSR count). The molecule has 6 aromatic carbocycles. The van der Waals surface area contributed by atoms with Gasteiger partial charge in [0.25, 0.3) is 0 Å². The largest absolute Gasteiger partial charge is 0.456 e. The van der Waals surface area contributed by atoms with Gasteiger partial charge in [-0.1, -0.05) is 88.4 Å². The van der Waals surface area contributed by atoms with Crippen molar-refractivity contribution in [3.63, 3.8) is 0 Å². The molecule has 0 aliphatic carbocycles. The van der Waals surface area contributed by atoms with Gasteiger partial charge in [-0.25, -0.2) is 9.37 Å². The number of para-hydroxylation sites is 3. The molecule has 0 radical (unpaired) electrons. The molecule has 0 saturated carbocycles. The first-order valence-electron chi connectivity index (χ1n) is 16.5. The van der Waals surface area contributed by atoms with Crippen LogP contribution in [0.5, 0.6) is 0 Å². The van der Waals surface area contributed by atoms with E-state index in [0.29, 0.717) is 11.2 Å². The van der Waals surface area contributed by atoms with E-state index < -0.39 is 0 Å². The van der Waals surface area contributed by atoms with Crippen molar-refractivity contribution in [3.8, 4) is 28.2 Å². The second-order valence-corrected chi connectivity index (χ2v) is 13.3. The van der Waals surface area contributed by atoms with Gasteiger partial charge < -0.3 is 8.83 Å². The lowest BCUT2D eigenvalue weighted by Gasteiger charge is -2.23. The van der Waals surface area contributed by atoms with Crippen LogP contribution in [0.3, 0.4) is 0 Å². The summed E-state index contributed by atoms with van der Waals surface area (Å²) in [6.07, 6.45) is 0. The van der Waals surface area contributed by atoms with Crippen molar-refractivity contribution in [1.82, 2.24) is 9.55 Å². The molecule has 0 aliphatic rings. The first-order chi connectivity index (χ1) is 23.4. The summed E-state index contributed by atoms with van der Waals surface area (Å²) in [5.41, 5.74) is 11.4. The Hall–Kier alpha value is -5.68. The number of benzene rings is 6. The summed E-state index contributed by atoms with van der Waals surface area (Å²) >= 11 is 0. The number of halogens is 1. The smallest absolute Gasteiger partial charge is 0.149 e. The van der Waals surface area contributed by atoms with Crippen LogP contribution < -0.4 is 0 Å². The predicted molar refractivity (Wildman–Crippen MR) is 195 cm³/mol. The summed E-state index contributed by atoms with van der Waals surface area (Å²) in [7, 11) is 0. The summed E-state index contributed by atoms with van der Waals surface area (Å²) in [4.78, 5) is 5.26. The minimum Gasteiger partial charge on any atom is -0.456 e. The zero-order valence-electron chi connectivity index (χ0n) is 27.2. The van der Waals surface area contributed by atoms with Gasteiger partial charge >= 0.3 is 0 Å². The maximum atomic E-state index is 14.3. The molecule has 5 heteroatoms. The predicted octanol–water partition coefficient (Wildman–Crippen LogP) is 12.5. The Balaban J connectivity index is 1.39. The third-order valence-corrected chi connectivity index (χ3v) is 9.59. The monoisotopic (exact) mass is 628 g/mol. The van der Waals surface area contributed by atoms with E-state index in [1.165, 1.54) is 17.7 Å². The maximum absolute atomic E-state index is 14.3. The highest BCUT2D eigenvalue weighted by Gasteiger charge is 2.28. The molecule has 0 saturated heterocycles. The lowest BCUT2D eigenvalue weighted by molar-refractivity contribution is 0.618. The van der Waals surface area contributed by atoms with E-state index in [1.54, 1.807) is 6.07 Å². The molecule has 0 bridgehead atoms. The molecule has 0 atom stereocenters. The number of nitrogens with zero attached hydrogens (tertiary/aromatic N) is 2. The molecule has 48 heavy (non-hydrogen) atoms. The van der Waals surface area contributed by atoms with Crippen LogP contribution in [0.1, 0.15) is 50.7 Å². The van der Waals surface area contributed by atoms with Gasteiger partial charge in [-0.3, -0.25) is 4.57 Å². The van der Waals surface area contributed by atoms with Crippen molar-refractivity contribution in [2.24, 2.45) is 0 Å². The quantitative estimate of drug-likeness (QED) is 0.190. The molecule has 0 amide bonds. The Morgan fingerprint density at radius 3 is 2.15 bits per heavy atom. The second-order valence-electron chi connectivity index (χ2n) is 13.3. The van der Waals surface area contributed by atoms with Gasteiger partial charge in [0.05, 0.1) is 22.3 Å². The molecule has 0 fully saturated rings. The van der Waals surface area contributed by atoms with Crippen molar-refractivity contribution in [2.45, 2.75) is 39.5 Å². The number of hydrogen-bond donors (Lipinski definition) is 0. The average Bonchev–Trinajstić information content (AvgIpc) is 3.77. The zero-order valence-corrected chi connectivity index (χ0v) is 27.2. The maximum Gasteiger partial charge on any atom is 0.149 e. The van der Waals surface area contributed by atoms with Crippen molar-refractivity contribution < 1.29 is 13.2 Å². The normalized spacial score (nSPS) is 12.2. The Kier molecular flexibility index (Phi) is 6.35. The van der Waals surface area contributed by atoms with Crippen molar-refractivity contribution in [2.75, 3.05) is 0 Å². The SMILES string of the molecule is CC(C)c1cc2c(oc3cc(-c4ccccc4)ccc32)c(C(C)C)c1-n1c(-c2cccc3c2oc2cc(F)ccc23)nc2ccccc21. The number of rotatable bonds is 5. The summed E-state index contributed by atoms with van der Waals surface area (Å²) in [5.74, 6) is 0.782. The van der Waals surface area contributed by atoms with E-state index in [1.807, 2.05) is 30.3 Å². The Morgan fingerprint density at radius 1 is 0.604 bits per heavy atom. The summed E-state index contributed by atoms with van der Waals surface area (Å²) in [6.45, 7) is 8.96.